The standard InChI is InChI=1S/C23H23F3N6O2/c1-13-21-18(29-22(28-13)32-12-15-10-16(32)11-27-15)7-8-19(31-21)30-20(33)9-4-14-2-5-17(6-3-14)34-23(24,25)26/h2-3,5-8,15-16,27H,4,9-12H2,1H3,(H,30,31,33). The van der Waals surface area contributed by atoms with Crippen molar-refractivity contribution in [1.82, 2.24) is 20.3 Å². The Morgan fingerprint density at radius 3 is 2.65 bits per heavy atom. The molecule has 5 rings (SSSR count). The molecule has 3 aromatic rings. The molecule has 2 saturated heterocycles. The molecule has 2 aromatic heterocycles. The molecule has 4 heterocycles. The second-order valence-corrected chi connectivity index (χ2v) is 8.56. The van der Waals surface area contributed by atoms with Gasteiger partial charge in [-0.15, -0.1) is 13.2 Å². The monoisotopic (exact) mass is 472 g/mol. The van der Waals surface area contributed by atoms with Crippen LogP contribution in [-0.4, -0.2) is 52.4 Å². The van der Waals surface area contributed by atoms with Gasteiger partial charge in [-0.25, -0.2) is 15.0 Å². The lowest BCUT2D eigenvalue weighted by atomic mass is 10.1. The summed E-state index contributed by atoms with van der Waals surface area (Å²) in [4.78, 5) is 28.5. The molecule has 1 amide bonds. The number of carbonyl (C=O) groups is 1. The van der Waals surface area contributed by atoms with E-state index < -0.39 is 6.36 Å². The van der Waals surface area contributed by atoms with Gasteiger partial charge in [-0.05, 0) is 49.6 Å². The van der Waals surface area contributed by atoms with E-state index in [4.69, 9.17) is 4.98 Å². The van der Waals surface area contributed by atoms with Crippen molar-refractivity contribution >= 4 is 28.7 Å². The largest absolute Gasteiger partial charge is 0.573 e. The van der Waals surface area contributed by atoms with Gasteiger partial charge in [-0.3, -0.25) is 4.79 Å². The fourth-order valence-corrected chi connectivity index (χ4v) is 4.47. The third kappa shape index (κ3) is 4.89. The summed E-state index contributed by atoms with van der Waals surface area (Å²) in [5.74, 6) is 0.563. The van der Waals surface area contributed by atoms with Crippen LogP contribution in [0.1, 0.15) is 24.1 Å². The highest BCUT2D eigenvalue weighted by Gasteiger charge is 2.39. The minimum Gasteiger partial charge on any atom is -0.406 e. The second kappa shape index (κ2) is 8.71. The minimum atomic E-state index is -4.73. The highest BCUT2D eigenvalue weighted by Crippen LogP contribution is 2.29. The first kappa shape index (κ1) is 22.3. The molecule has 2 aliphatic rings. The first-order valence-corrected chi connectivity index (χ1v) is 11.0. The number of hydrogen-bond acceptors (Lipinski definition) is 7. The quantitative estimate of drug-likeness (QED) is 0.569. The third-order valence-electron chi connectivity index (χ3n) is 6.08. The Hall–Kier alpha value is -3.47. The van der Waals surface area contributed by atoms with Crippen molar-refractivity contribution in [3.63, 3.8) is 0 Å². The van der Waals surface area contributed by atoms with Gasteiger partial charge in [0.25, 0.3) is 0 Å². The highest BCUT2D eigenvalue weighted by atomic mass is 19.4. The van der Waals surface area contributed by atoms with Gasteiger partial charge >= 0.3 is 6.36 Å². The average molecular weight is 472 g/mol. The molecule has 34 heavy (non-hydrogen) atoms. The summed E-state index contributed by atoms with van der Waals surface area (Å²) < 4.78 is 40.6. The average Bonchev–Trinajstić information content (AvgIpc) is 3.42. The normalized spacial score (nSPS) is 19.6. The summed E-state index contributed by atoms with van der Waals surface area (Å²) in [6, 6.07) is 9.90. The van der Waals surface area contributed by atoms with Gasteiger partial charge in [0, 0.05) is 31.6 Å². The number of alkyl halides is 3. The number of carbonyl (C=O) groups excluding carboxylic acids is 1. The third-order valence-corrected chi connectivity index (χ3v) is 6.08. The van der Waals surface area contributed by atoms with Gasteiger partial charge in [0.15, 0.2) is 0 Å². The minimum absolute atomic E-state index is 0.152. The van der Waals surface area contributed by atoms with E-state index in [1.54, 1.807) is 6.07 Å². The van der Waals surface area contributed by atoms with Crippen molar-refractivity contribution in [3.8, 4) is 5.75 Å². The summed E-state index contributed by atoms with van der Waals surface area (Å²) in [7, 11) is 0. The first-order valence-electron chi connectivity index (χ1n) is 11.0. The van der Waals surface area contributed by atoms with Crippen LogP contribution in [0.15, 0.2) is 36.4 Å². The molecule has 2 unspecified atom stereocenters. The van der Waals surface area contributed by atoms with Crippen LogP contribution in [0.2, 0.25) is 0 Å². The first-order chi connectivity index (χ1) is 16.2. The van der Waals surface area contributed by atoms with E-state index in [9.17, 15) is 18.0 Å². The molecule has 2 bridgehead atoms. The zero-order valence-corrected chi connectivity index (χ0v) is 18.4. The van der Waals surface area contributed by atoms with Crippen LogP contribution in [0.5, 0.6) is 5.75 Å². The number of anilines is 2. The maximum atomic E-state index is 12.4. The van der Waals surface area contributed by atoms with Crippen LogP contribution in [0.4, 0.5) is 24.9 Å². The Morgan fingerprint density at radius 1 is 1.18 bits per heavy atom. The van der Waals surface area contributed by atoms with E-state index in [-0.39, 0.29) is 18.1 Å². The number of pyridine rings is 1. The highest BCUT2D eigenvalue weighted by molar-refractivity contribution is 5.91. The van der Waals surface area contributed by atoms with E-state index in [2.05, 4.69) is 30.2 Å². The van der Waals surface area contributed by atoms with Crippen LogP contribution in [-0.2, 0) is 11.2 Å². The zero-order chi connectivity index (χ0) is 23.9. The lowest BCUT2D eigenvalue weighted by Gasteiger charge is -2.27. The number of benzene rings is 1. The number of nitrogens with one attached hydrogen (secondary N) is 2. The number of fused-ring (bicyclic) bond motifs is 3. The van der Waals surface area contributed by atoms with Gasteiger partial charge in [-0.2, -0.15) is 0 Å². The molecule has 2 aliphatic heterocycles. The SMILES string of the molecule is Cc1nc(N2CC3CC2CN3)nc2ccc(NC(=O)CCc3ccc(OC(F)(F)F)cc3)nc12. The topological polar surface area (TPSA) is 92.3 Å². The van der Waals surface area contributed by atoms with E-state index >= 15 is 0 Å². The number of hydrogen-bond donors (Lipinski definition) is 2. The van der Waals surface area contributed by atoms with E-state index in [0.717, 1.165) is 36.3 Å². The molecule has 1 aromatic carbocycles. The molecule has 0 radical (unpaired) electrons. The van der Waals surface area contributed by atoms with Crippen molar-refractivity contribution in [2.75, 3.05) is 23.3 Å². The summed E-state index contributed by atoms with van der Waals surface area (Å²) in [6.45, 7) is 3.72. The van der Waals surface area contributed by atoms with Gasteiger partial charge in [0.1, 0.15) is 17.1 Å². The van der Waals surface area contributed by atoms with Crippen molar-refractivity contribution in [1.29, 1.82) is 0 Å². The maximum Gasteiger partial charge on any atom is 0.573 e. The number of ether oxygens (including phenoxy) is 1. The Morgan fingerprint density at radius 2 is 1.97 bits per heavy atom. The predicted octanol–water partition coefficient (Wildman–Crippen LogP) is 3.35. The number of piperazine rings is 1. The van der Waals surface area contributed by atoms with Gasteiger partial charge in [-0.1, -0.05) is 12.1 Å². The van der Waals surface area contributed by atoms with Crippen LogP contribution >= 0.6 is 0 Å². The van der Waals surface area contributed by atoms with Crippen LogP contribution < -0.4 is 20.3 Å². The van der Waals surface area contributed by atoms with E-state index in [1.807, 2.05) is 13.0 Å². The molecule has 0 saturated carbocycles. The molecule has 8 nitrogen and oxygen atoms in total. The Bertz CT molecular complexity index is 1220. The van der Waals surface area contributed by atoms with Crippen molar-refractivity contribution in [2.24, 2.45) is 0 Å². The summed E-state index contributed by atoms with van der Waals surface area (Å²) in [5, 5.41) is 6.24. The number of rotatable bonds is 6. The Labute approximate surface area is 193 Å². The molecule has 2 fully saturated rings. The van der Waals surface area contributed by atoms with Crippen LogP contribution in [0.25, 0.3) is 11.0 Å². The number of nitrogens with zero attached hydrogens (tertiary/aromatic N) is 4. The molecule has 0 spiro atoms. The zero-order valence-electron chi connectivity index (χ0n) is 18.4. The van der Waals surface area contributed by atoms with Gasteiger partial charge in [0.05, 0.1) is 11.2 Å². The van der Waals surface area contributed by atoms with E-state index in [1.165, 1.54) is 24.3 Å². The van der Waals surface area contributed by atoms with Crippen molar-refractivity contribution in [3.05, 3.63) is 47.7 Å². The predicted molar refractivity (Wildman–Crippen MR) is 120 cm³/mol. The molecule has 2 atom stereocenters. The summed E-state index contributed by atoms with van der Waals surface area (Å²) in [6.07, 6.45) is -3.11. The lowest BCUT2D eigenvalue weighted by molar-refractivity contribution is -0.274. The van der Waals surface area contributed by atoms with Crippen molar-refractivity contribution in [2.45, 2.75) is 44.6 Å². The Balaban J connectivity index is 1.21. The molecular formula is C23H23F3N6O2. The van der Waals surface area contributed by atoms with Crippen molar-refractivity contribution < 1.29 is 22.7 Å². The maximum absolute atomic E-state index is 12.4. The van der Waals surface area contributed by atoms with Crippen LogP contribution in [0.3, 0.4) is 0 Å². The van der Waals surface area contributed by atoms with Gasteiger partial charge in [0.2, 0.25) is 11.9 Å². The molecule has 11 heteroatoms. The van der Waals surface area contributed by atoms with E-state index in [0.29, 0.717) is 35.8 Å². The fourth-order valence-electron chi connectivity index (χ4n) is 4.47. The molecule has 0 aliphatic carbocycles. The lowest BCUT2D eigenvalue weighted by Crippen LogP contribution is -2.44. The number of aromatic nitrogens is 3. The number of aryl methyl sites for hydroxylation is 2. The number of halogens is 3. The number of amides is 1. The molecule has 2 N–H and O–H groups in total. The molecule has 178 valence electrons. The summed E-state index contributed by atoms with van der Waals surface area (Å²) in [5.41, 5.74) is 2.81. The second-order valence-electron chi connectivity index (χ2n) is 8.56. The smallest absolute Gasteiger partial charge is 0.406 e. The van der Waals surface area contributed by atoms with Gasteiger partial charge < -0.3 is 20.3 Å². The Kier molecular flexibility index (Phi) is 5.72. The molecular weight excluding hydrogens is 449 g/mol. The van der Waals surface area contributed by atoms with Crippen LogP contribution in [0, 0.1) is 6.92 Å². The fraction of sp³-hybridized carbons (Fsp3) is 0.391. The summed E-state index contributed by atoms with van der Waals surface area (Å²) >= 11 is 0.